The molecule has 0 aromatic rings. The van der Waals surface area contributed by atoms with Crippen LogP contribution in [0.5, 0.6) is 0 Å². The van der Waals surface area contributed by atoms with E-state index < -0.39 is 91.5 Å². The first-order chi connectivity index (χ1) is 50.2. The summed E-state index contributed by atoms with van der Waals surface area (Å²) in [5.74, 6) is -1.60. The maximum atomic E-state index is 13.0. The molecule has 0 heterocycles. The van der Waals surface area contributed by atoms with Crippen LogP contribution >= 0.6 is 15.6 Å². The number of aliphatic hydroxyl groups excluding tert-OH is 2. The highest BCUT2D eigenvalue weighted by atomic mass is 31.2. The molecule has 0 spiro atoms. The fraction of sp³-hybridized carbons (Fsp3) is 0.659. The van der Waals surface area contributed by atoms with E-state index in [1.807, 2.05) is 0 Å². The number of aliphatic hydroxyl groups is 2. The first-order valence-electron chi connectivity index (χ1n) is 39.8. The number of carbonyl (C=O) groups excluding carboxylic acids is 3. The maximum Gasteiger partial charge on any atom is 0.472 e. The van der Waals surface area contributed by atoms with E-state index in [0.717, 1.165) is 199 Å². The van der Waals surface area contributed by atoms with Gasteiger partial charge in [-0.3, -0.25) is 32.5 Å². The Kier molecular flexibility index (Phi) is 73.2. The molecule has 5 unspecified atom stereocenters. The molecule has 0 radical (unpaired) electrons. The molecule has 0 rings (SSSR count). The summed E-state index contributed by atoms with van der Waals surface area (Å²) in [5.41, 5.74) is 0. The second-order valence-electron chi connectivity index (χ2n) is 26.1. The average Bonchev–Trinajstić information content (AvgIpc) is 0.929. The summed E-state index contributed by atoms with van der Waals surface area (Å²) >= 11 is 0. The van der Waals surface area contributed by atoms with Gasteiger partial charge in [0.15, 0.2) is 6.10 Å². The molecule has 5 atom stereocenters. The van der Waals surface area contributed by atoms with Crippen molar-refractivity contribution in [3.63, 3.8) is 0 Å². The van der Waals surface area contributed by atoms with E-state index in [0.29, 0.717) is 19.3 Å². The van der Waals surface area contributed by atoms with Gasteiger partial charge >= 0.3 is 33.6 Å². The molecule has 588 valence electrons. The average molecular weight is 1480 g/mol. The molecule has 0 fully saturated rings. The third kappa shape index (κ3) is 78.1. The van der Waals surface area contributed by atoms with E-state index in [1.54, 1.807) is 0 Å². The number of esters is 3. The van der Waals surface area contributed by atoms with Gasteiger partial charge in [-0.25, -0.2) is 9.13 Å². The summed E-state index contributed by atoms with van der Waals surface area (Å²) in [4.78, 5) is 58.7. The van der Waals surface area contributed by atoms with Crippen molar-refractivity contribution >= 4 is 33.6 Å². The largest absolute Gasteiger partial charge is 0.472 e. The fourth-order valence-electron chi connectivity index (χ4n) is 10.3. The summed E-state index contributed by atoms with van der Waals surface area (Å²) in [6.07, 6.45) is 95.6. The summed E-state index contributed by atoms with van der Waals surface area (Å²) in [6.45, 7) is 2.32. The monoisotopic (exact) mass is 1480 g/mol. The van der Waals surface area contributed by atoms with Crippen molar-refractivity contribution in [1.82, 2.24) is 0 Å². The van der Waals surface area contributed by atoms with Crippen LogP contribution in [0.2, 0.25) is 0 Å². The predicted octanol–water partition coefficient (Wildman–Crippen LogP) is 23.4. The Hall–Kier alpha value is -4.83. The van der Waals surface area contributed by atoms with Crippen molar-refractivity contribution in [2.75, 3.05) is 39.6 Å². The normalized spacial score (nSPS) is 14.8. The minimum atomic E-state index is -4.94. The van der Waals surface area contributed by atoms with E-state index in [9.17, 15) is 43.5 Å². The molecule has 0 aromatic heterocycles. The summed E-state index contributed by atoms with van der Waals surface area (Å²) in [6, 6.07) is 0. The van der Waals surface area contributed by atoms with Gasteiger partial charge < -0.3 is 34.2 Å². The molecule has 0 saturated carbocycles. The third-order valence-electron chi connectivity index (χ3n) is 16.2. The van der Waals surface area contributed by atoms with Gasteiger partial charge in [-0.15, -0.1) is 0 Å². The zero-order valence-corrected chi connectivity index (χ0v) is 66.0. The van der Waals surface area contributed by atoms with Crippen molar-refractivity contribution < 1.29 is 75.8 Å². The molecule has 0 amide bonds. The lowest BCUT2D eigenvalue weighted by Gasteiger charge is -2.21. The molecular formula is C85H142O16P2. The highest BCUT2D eigenvalue weighted by molar-refractivity contribution is 7.47. The predicted molar refractivity (Wildman–Crippen MR) is 426 cm³/mol. The van der Waals surface area contributed by atoms with Crippen LogP contribution in [0.3, 0.4) is 0 Å². The molecule has 0 saturated heterocycles. The fourth-order valence-corrected chi connectivity index (χ4v) is 11.9. The zero-order valence-electron chi connectivity index (χ0n) is 64.2. The molecular weight excluding hydrogens is 1340 g/mol. The number of rotatable bonds is 74. The van der Waals surface area contributed by atoms with Gasteiger partial charge in [0.2, 0.25) is 0 Å². The van der Waals surface area contributed by atoms with E-state index in [4.69, 9.17) is 32.3 Å². The van der Waals surface area contributed by atoms with Crippen molar-refractivity contribution in [3.05, 3.63) is 158 Å². The van der Waals surface area contributed by atoms with Crippen LogP contribution in [0, 0.1) is 0 Å². The first-order valence-corrected chi connectivity index (χ1v) is 42.8. The lowest BCUT2D eigenvalue weighted by molar-refractivity contribution is -0.161. The van der Waals surface area contributed by atoms with Crippen molar-refractivity contribution in [2.24, 2.45) is 0 Å². The molecule has 18 heteroatoms. The number of phosphoric acid groups is 2. The number of carbonyl (C=O) groups is 3. The molecule has 103 heavy (non-hydrogen) atoms. The maximum absolute atomic E-state index is 13.0. The van der Waals surface area contributed by atoms with E-state index in [-0.39, 0.29) is 19.3 Å². The third-order valence-corrected chi connectivity index (χ3v) is 18.1. The van der Waals surface area contributed by atoms with Gasteiger partial charge in [-0.1, -0.05) is 301 Å². The number of allylic oxidation sites excluding steroid dienone is 26. The van der Waals surface area contributed by atoms with Gasteiger partial charge in [-0.2, -0.15) is 0 Å². The molecule has 0 aliphatic rings. The number of hydrogen-bond acceptors (Lipinski definition) is 14. The van der Waals surface area contributed by atoms with E-state index in [1.165, 1.54) is 44.9 Å². The van der Waals surface area contributed by atoms with Gasteiger partial charge in [0.25, 0.3) is 0 Å². The Labute approximate surface area is 625 Å². The Morgan fingerprint density at radius 1 is 0.272 bits per heavy atom. The van der Waals surface area contributed by atoms with Crippen LogP contribution in [-0.4, -0.2) is 95.9 Å². The Bertz CT molecular complexity index is 2500. The second kappa shape index (κ2) is 76.8. The second-order valence-corrected chi connectivity index (χ2v) is 29.0. The van der Waals surface area contributed by atoms with Crippen LogP contribution in [0.1, 0.15) is 303 Å². The Balaban J connectivity index is 4.62. The lowest BCUT2D eigenvalue weighted by Crippen LogP contribution is -2.30. The number of ether oxygens (including phenoxy) is 3. The first kappa shape index (κ1) is 98.2. The van der Waals surface area contributed by atoms with Gasteiger partial charge in [0.05, 0.1) is 26.4 Å². The van der Waals surface area contributed by atoms with E-state index in [2.05, 4.69) is 179 Å². The van der Waals surface area contributed by atoms with Crippen molar-refractivity contribution in [1.29, 1.82) is 0 Å². The van der Waals surface area contributed by atoms with Crippen LogP contribution in [0.4, 0.5) is 0 Å². The van der Waals surface area contributed by atoms with Crippen molar-refractivity contribution in [3.8, 4) is 0 Å². The topological polar surface area (TPSA) is 231 Å². The summed E-state index contributed by atoms with van der Waals surface area (Å²) in [7, 11) is -9.81. The Morgan fingerprint density at radius 2 is 0.485 bits per heavy atom. The molecule has 0 aliphatic carbocycles. The van der Waals surface area contributed by atoms with E-state index >= 15 is 0 Å². The smallest absolute Gasteiger partial charge is 0.463 e. The molecule has 0 bridgehead atoms. The standard InChI is InChI=1S/C85H142O16P2/c1-4-7-10-13-16-19-22-25-28-31-33-35-37-38-39-40-42-44-45-48-50-53-56-59-62-65-68-71-83(88)95-74-80(86)75-97-102(91,92)98-76-81(87)77-99-103(93,94)100-79-82(101-85(90)73-70-67-64-61-58-55-52-47-30-27-24-21-18-15-12-9-6-3)78-96-84(89)72-69-66-63-60-57-54-51-49-46-43-41-36-34-32-29-26-23-20-17-14-11-8-5-2/h7-12,16-21,25-30,33-36,38-39,43,46,80-82,86-87H,4-6,13-15,22-24,31-32,37,40-42,44-45,47-79H2,1-3H3,(H,91,92)(H,93,94)/b10-7-,11-8-,12-9-,19-16-,20-17-,21-18-,28-25-,29-26-,30-27-,35-33-,36-34-,39-38-,46-43-. The number of unbranched alkanes of at least 4 members (excludes halogenated alkanes) is 25. The summed E-state index contributed by atoms with van der Waals surface area (Å²) in [5, 5.41) is 20.7. The van der Waals surface area contributed by atoms with Crippen LogP contribution in [-0.2, 0) is 55.8 Å². The number of phosphoric ester groups is 2. The van der Waals surface area contributed by atoms with Crippen molar-refractivity contribution in [2.45, 2.75) is 322 Å². The van der Waals surface area contributed by atoms with Crippen LogP contribution < -0.4 is 0 Å². The van der Waals surface area contributed by atoms with Gasteiger partial charge in [0, 0.05) is 19.3 Å². The molecule has 4 N–H and O–H groups in total. The number of hydrogen-bond donors (Lipinski definition) is 4. The molecule has 0 aromatic carbocycles. The van der Waals surface area contributed by atoms with Crippen LogP contribution in [0.25, 0.3) is 0 Å². The van der Waals surface area contributed by atoms with Gasteiger partial charge in [-0.05, 0) is 141 Å². The lowest BCUT2D eigenvalue weighted by atomic mass is 10.0. The minimum absolute atomic E-state index is 0.0860. The quantitative estimate of drug-likeness (QED) is 0.0146. The highest BCUT2D eigenvalue weighted by Gasteiger charge is 2.29. The Morgan fingerprint density at radius 3 is 0.767 bits per heavy atom. The summed E-state index contributed by atoms with van der Waals surface area (Å²) < 4.78 is 61.2. The SMILES string of the molecule is CC/C=C\C/C=C\C/C=C\C/C=C\C/C=C\CCCCCCCCCCCCCC(=O)OCC(O)COP(=O)(O)OCC(O)COP(=O)(O)OCC(COC(=O)CCCCCCCCC/C=C\C/C=C\C/C=C\C/C=C\C/C=C\CC)OC(=O)CCCCCCCCC/C=C\C/C=C\C/C=C\CC. The molecule has 16 nitrogen and oxygen atoms in total. The van der Waals surface area contributed by atoms with Crippen LogP contribution in [0.15, 0.2) is 158 Å². The zero-order chi connectivity index (χ0) is 75.2. The highest BCUT2D eigenvalue weighted by Crippen LogP contribution is 2.45. The molecule has 0 aliphatic heterocycles. The minimum Gasteiger partial charge on any atom is -0.463 e. The van der Waals surface area contributed by atoms with Gasteiger partial charge in [0.1, 0.15) is 25.4 Å².